The molecule has 0 saturated heterocycles. The van der Waals surface area contributed by atoms with Crippen molar-refractivity contribution < 1.29 is 9.53 Å². The monoisotopic (exact) mass is 191 g/mol. The van der Waals surface area contributed by atoms with Gasteiger partial charge < -0.3 is 10.5 Å². The zero-order valence-corrected chi connectivity index (χ0v) is 8.07. The van der Waals surface area contributed by atoms with E-state index in [1.807, 2.05) is 0 Å². The number of rotatable bonds is 4. The highest BCUT2D eigenvalue weighted by molar-refractivity contribution is 5.71. The first-order valence-electron chi connectivity index (χ1n) is 4.32. The number of allylic oxidation sites excluding steroid dienone is 1. The Hall–Kier alpha value is -1.77. The second-order valence-corrected chi connectivity index (χ2v) is 2.95. The third-order valence-electron chi connectivity index (χ3n) is 1.72. The van der Waals surface area contributed by atoms with Crippen molar-refractivity contribution in [1.29, 1.82) is 0 Å². The molecule has 0 unspecified atom stereocenters. The minimum absolute atomic E-state index is 0.397. The van der Waals surface area contributed by atoms with Crippen molar-refractivity contribution in [2.75, 3.05) is 12.3 Å². The van der Waals surface area contributed by atoms with E-state index in [1.165, 1.54) is 0 Å². The molecule has 0 spiro atoms. The van der Waals surface area contributed by atoms with E-state index >= 15 is 0 Å². The maximum atomic E-state index is 10.3. The van der Waals surface area contributed by atoms with Gasteiger partial charge in [-0.25, -0.2) is 0 Å². The van der Waals surface area contributed by atoms with Gasteiger partial charge in [-0.05, 0) is 42.8 Å². The van der Waals surface area contributed by atoms with Crippen molar-refractivity contribution in [3.8, 4) is 5.75 Å². The molecule has 0 aromatic heterocycles. The van der Waals surface area contributed by atoms with E-state index in [1.54, 1.807) is 37.3 Å². The molecule has 1 aromatic rings. The Morgan fingerprint density at radius 1 is 1.43 bits per heavy atom. The summed E-state index contributed by atoms with van der Waals surface area (Å²) in [4.78, 5) is 10.3. The molecule has 0 fully saturated rings. The molecule has 0 amide bonds. The largest absolute Gasteiger partial charge is 0.490 e. The molecule has 0 aliphatic heterocycles. The van der Waals surface area contributed by atoms with E-state index in [9.17, 15) is 4.79 Å². The third-order valence-corrected chi connectivity index (χ3v) is 1.72. The van der Waals surface area contributed by atoms with Crippen molar-refractivity contribution in [3.05, 3.63) is 35.9 Å². The summed E-state index contributed by atoms with van der Waals surface area (Å²) in [7, 11) is 0. The van der Waals surface area contributed by atoms with Crippen LogP contribution in [0.5, 0.6) is 5.75 Å². The van der Waals surface area contributed by atoms with E-state index in [2.05, 4.69) is 0 Å². The number of carbonyl (C=O) groups excluding carboxylic acids is 1. The highest BCUT2D eigenvalue weighted by atomic mass is 16.5. The average molecular weight is 191 g/mol. The number of aldehydes is 1. The van der Waals surface area contributed by atoms with Crippen LogP contribution in [-0.4, -0.2) is 12.9 Å². The van der Waals surface area contributed by atoms with Gasteiger partial charge in [-0.15, -0.1) is 0 Å². The molecule has 0 saturated carbocycles. The number of nitrogens with two attached hydrogens (primary N) is 1. The summed E-state index contributed by atoms with van der Waals surface area (Å²) in [6, 6.07) is 7.12. The number of benzene rings is 1. The first kappa shape index (κ1) is 10.3. The number of ether oxygens (including phenoxy) is 1. The van der Waals surface area contributed by atoms with Crippen molar-refractivity contribution in [1.82, 2.24) is 0 Å². The maximum Gasteiger partial charge on any atom is 0.145 e. The second-order valence-electron chi connectivity index (χ2n) is 2.95. The molecule has 74 valence electrons. The molecule has 0 atom stereocenters. The molecule has 3 heteroatoms. The van der Waals surface area contributed by atoms with Gasteiger partial charge in [0.1, 0.15) is 18.6 Å². The fourth-order valence-corrected chi connectivity index (χ4v) is 0.882. The number of hydrogen-bond acceptors (Lipinski definition) is 3. The maximum absolute atomic E-state index is 10.3. The molecule has 0 radical (unpaired) electrons. The zero-order valence-electron chi connectivity index (χ0n) is 8.07. The van der Waals surface area contributed by atoms with Crippen LogP contribution in [0.3, 0.4) is 0 Å². The van der Waals surface area contributed by atoms with Gasteiger partial charge in [0.05, 0.1) is 0 Å². The van der Waals surface area contributed by atoms with Crippen LogP contribution in [0.25, 0.3) is 0 Å². The fourth-order valence-electron chi connectivity index (χ4n) is 0.882. The van der Waals surface area contributed by atoms with Crippen LogP contribution in [0.15, 0.2) is 35.9 Å². The van der Waals surface area contributed by atoms with Gasteiger partial charge in [-0.1, -0.05) is 0 Å². The fraction of sp³-hybridized carbons (Fsp3) is 0.182. The minimum atomic E-state index is 0.397. The Morgan fingerprint density at radius 2 is 2.07 bits per heavy atom. The molecule has 0 bridgehead atoms. The van der Waals surface area contributed by atoms with Crippen LogP contribution in [-0.2, 0) is 4.79 Å². The summed E-state index contributed by atoms with van der Waals surface area (Å²) in [5.41, 5.74) is 6.88. The quantitative estimate of drug-likeness (QED) is 0.448. The third kappa shape index (κ3) is 3.31. The van der Waals surface area contributed by atoms with Crippen molar-refractivity contribution in [2.45, 2.75) is 6.92 Å². The van der Waals surface area contributed by atoms with Crippen LogP contribution in [0, 0.1) is 0 Å². The Balaban J connectivity index is 2.46. The van der Waals surface area contributed by atoms with E-state index in [4.69, 9.17) is 10.5 Å². The molecule has 1 rings (SSSR count). The van der Waals surface area contributed by atoms with E-state index in [-0.39, 0.29) is 0 Å². The molecular weight excluding hydrogens is 178 g/mol. The van der Waals surface area contributed by atoms with Crippen molar-refractivity contribution in [3.63, 3.8) is 0 Å². The SMILES string of the molecule is C/C(C=O)=C\COc1ccc(N)cc1. The standard InChI is InChI=1S/C11H13NO2/c1-9(8-13)6-7-14-11-4-2-10(12)3-5-11/h2-6,8H,7,12H2,1H3/b9-6+. The summed E-state index contributed by atoms with van der Waals surface area (Å²) in [5, 5.41) is 0. The van der Waals surface area contributed by atoms with Gasteiger partial charge >= 0.3 is 0 Å². The minimum Gasteiger partial charge on any atom is -0.490 e. The molecule has 0 aliphatic carbocycles. The highest BCUT2D eigenvalue weighted by Gasteiger charge is 1.91. The lowest BCUT2D eigenvalue weighted by Gasteiger charge is -2.02. The van der Waals surface area contributed by atoms with Gasteiger partial charge in [-0.2, -0.15) is 0 Å². The predicted octanol–water partition coefficient (Wildman–Crippen LogP) is 1.79. The average Bonchev–Trinajstić information content (AvgIpc) is 2.21. The van der Waals surface area contributed by atoms with E-state index in [0.29, 0.717) is 17.9 Å². The molecule has 2 N–H and O–H groups in total. The van der Waals surface area contributed by atoms with Gasteiger partial charge in [0.2, 0.25) is 0 Å². The smallest absolute Gasteiger partial charge is 0.145 e. The Labute approximate surface area is 83.2 Å². The second kappa shape index (κ2) is 5.07. The van der Waals surface area contributed by atoms with Crippen molar-refractivity contribution >= 4 is 12.0 Å². The normalized spacial score (nSPS) is 11.1. The molecule has 0 aliphatic rings. The number of hydrogen-bond donors (Lipinski definition) is 1. The van der Waals surface area contributed by atoms with Crippen LogP contribution >= 0.6 is 0 Å². The summed E-state index contributed by atoms with van der Waals surface area (Å²) < 4.78 is 5.34. The molecule has 3 nitrogen and oxygen atoms in total. The molecule has 0 heterocycles. The Bertz CT molecular complexity index is 328. The van der Waals surface area contributed by atoms with Gasteiger partial charge in [0.15, 0.2) is 0 Å². The predicted molar refractivity (Wildman–Crippen MR) is 56.2 cm³/mol. The first-order chi connectivity index (χ1) is 6.72. The van der Waals surface area contributed by atoms with E-state index < -0.39 is 0 Å². The molecular formula is C11H13NO2. The lowest BCUT2D eigenvalue weighted by molar-refractivity contribution is -0.104. The first-order valence-corrected chi connectivity index (χ1v) is 4.32. The summed E-state index contributed by atoms with van der Waals surface area (Å²) >= 11 is 0. The van der Waals surface area contributed by atoms with Crippen molar-refractivity contribution in [2.24, 2.45) is 0 Å². The number of carbonyl (C=O) groups is 1. The lowest BCUT2D eigenvalue weighted by atomic mass is 10.3. The Morgan fingerprint density at radius 3 is 2.64 bits per heavy atom. The lowest BCUT2D eigenvalue weighted by Crippen LogP contribution is -1.95. The summed E-state index contributed by atoms with van der Waals surface area (Å²) in [6.45, 7) is 2.13. The highest BCUT2D eigenvalue weighted by Crippen LogP contribution is 2.12. The van der Waals surface area contributed by atoms with Crippen LogP contribution in [0.2, 0.25) is 0 Å². The van der Waals surface area contributed by atoms with Gasteiger partial charge in [0, 0.05) is 5.69 Å². The molecule has 14 heavy (non-hydrogen) atoms. The summed E-state index contributed by atoms with van der Waals surface area (Å²) in [6.07, 6.45) is 2.52. The zero-order chi connectivity index (χ0) is 10.4. The van der Waals surface area contributed by atoms with E-state index in [0.717, 1.165) is 12.0 Å². The number of anilines is 1. The van der Waals surface area contributed by atoms with Crippen LogP contribution in [0.4, 0.5) is 5.69 Å². The van der Waals surface area contributed by atoms with Gasteiger partial charge in [0.25, 0.3) is 0 Å². The van der Waals surface area contributed by atoms with Crippen LogP contribution < -0.4 is 10.5 Å². The van der Waals surface area contributed by atoms with Crippen LogP contribution in [0.1, 0.15) is 6.92 Å². The molecule has 1 aromatic carbocycles. The Kier molecular flexibility index (Phi) is 3.73. The summed E-state index contributed by atoms with van der Waals surface area (Å²) in [5.74, 6) is 0.745. The topological polar surface area (TPSA) is 52.3 Å². The van der Waals surface area contributed by atoms with Gasteiger partial charge in [-0.3, -0.25) is 4.79 Å². The number of nitrogen functional groups attached to an aromatic ring is 1.